The molecule has 0 amide bonds. The second-order valence-electron chi connectivity index (χ2n) is 7.08. The fourth-order valence-corrected chi connectivity index (χ4v) is 2.87. The average Bonchev–Trinajstić information content (AvgIpc) is 2.47. The standard InChI is InChI=1S/C17H26BrN3O2/c1-17(2,3)16(22)23-11-14-10-21(7-6-20-14)9-12-4-5-13(18)8-15(12)19/h4-5,8,14,20H,6-7,9-11,19H2,1-3H3. The number of halogens is 1. The van der Waals surface area contributed by atoms with Gasteiger partial charge < -0.3 is 15.8 Å². The SMILES string of the molecule is CC(C)(C)C(=O)OCC1CN(Cc2ccc(Br)cc2N)CCN1. The summed E-state index contributed by atoms with van der Waals surface area (Å²) in [6, 6.07) is 6.15. The van der Waals surface area contributed by atoms with E-state index in [1.54, 1.807) is 0 Å². The van der Waals surface area contributed by atoms with Crippen molar-refractivity contribution in [1.82, 2.24) is 10.2 Å². The number of hydrogen-bond acceptors (Lipinski definition) is 5. The second-order valence-corrected chi connectivity index (χ2v) is 7.99. The second kappa shape index (κ2) is 7.64. The summed E-state index contributed by atoms with van der Waals surface area (Å²) in [6.45, 7) is 9.50. The van der Waals surface area contributed by atoms with Crippen LogP contribution in [0.4, 0.5) is 5.69 Å². The topological polar surface area (TPSA) is 67.6 Å². The molecule has 1 aromatic rings. The molecule has 0 radical (unpaired) electrons. The van der Waals surface area contributed by atoms with E-state index in [1.165, 1.54) is 0 Å². The molecule has 1 aliphatic heterocycles. The van der Waals surface area contributed by atoms with E-state index in [0.717, 1.165) is 41.9 Å². The number of rotatable bonds is 4. The summed E-state index contributed by atoms with van der Waals surface area (Å²) in [5.41, 5.74) is 7.54. The van der Waals surface area contributed by atoms with E-state index in [-0.39, 0.29) is 12.0 Å². The molecule has 1 aliphatic rings. The molecule has 1 saturated heterocycles. The molecule has 1 fully saturated rings. The Bertz CT molecular complexity index is 557. The molecule has 1 unspecified atom stereocenters. The first-order valence-corrected chi connectivity index (χ1v) is 8.72. The molecule has 0 spiro atoms. The zero-order valence-electron chi connectivity index (χ0n) is 14.1. The number of anilines is 1. The number of carbonyl (C=O) groups excluding carboxylic acids is 1. The molecule has 1 atom stereocenters. The van der Waals surface area contributed by atoms with Crippen LogP contribution in [0.5, 0.6) is 0 Å². The van der Waals surface area contributed by atoms with Crippen molar-refractivity contribution in [2.24, 2.45) is 5.41 Å². The summed E-state index contributed by atoms with van der Waals surface area (Å²) >= 11 is 3.43. The van der Waals surface area contributed by atoms with Crippen molar-refractivity contribution in [2.45, 2.75) is 33.4 Å². The normalized spacial score (nSPS) is 19.6. The first-order valence-electron chi connectivity index (χ1n) is 7.92. The maximum absolute atomic E-state index is 11.9. The number of nitrogens with two attached hydrogens (primary N) is 1. The minimum absolute atomic E-state index is 0.159. The van der Waals surface area contributed by atoms with Crippen LogP contribution < -0.4 is 11.1 Å². The summed E-state index contributed by atoms with van der Waals surface area (Å²) in [5, 5.41) is 3.41. The van der Waals surface area contributed by atoms with Crippen LogP contribution in [0, 0.1) is 5.41 Å². The summed E-state index contributed by atoms with van der Waals surface area (Å²) in [4.78, 5) is 14.2. The van der Waals surface area contributed by atoms with E-state index in [2.05, 4.69) is 32.2 Å². The van der Waals surface area contributed by atoms with Gasteiger partial charge >= 0.3 is 5.97 Å². The van der Waals surface area contributed by atoms with E-state index in [4.69, 9.17) is 10.5 Å². The molecule has 2 rings (SSSR count). The van der Waals surface area contributed by atoms with Gasteiger partial charge in [0.25, 0.3) is 0 Å². The number of esters is 1. The molecule has 0 bridgehead atoms. The Hall–Kier alpha value is -1.11. The predicted octanol–water partition coefficient (Wildman–Crippen LogP) is 2.39. The van der Waals surface area contributed by atoms with Gasteiger partial charge in [-0.15, -0.1) is 0 Å². The van der Waals surface area contributed by atoms with E-state index in [9.17, 15) is 4.79 Å². The molecule has 0 aliphatic carbocycles. The quantitative estimate of drug-likeness (QED) is 0.617. The molecule has 5 nitrogen and oxygen atoms in total. The molecule has 6 heteroatoms. The van der Waals surface area contributed by atoms with Crippen molar-refractivity contribution in [3.63, 3.8) is 0 Å². The summed E-state index contributed by atoms with van der Waals surface area (Å²) < 4.78 is 6.42. The van der Waals surface area contributed by atoms with Crippen molar-refractivity contribution < 1.29 is 9.53 Å². The molecule has 1 heterocycles. The Kier molecular flexibility index (Phi) is 6.06. The van der Waals surface area contributed by atoms with Crippen molar-refractivity contribution >= 4 is 27.6 Å². The largest absolute Gasteiger partial charge is 0.464 e. The van der Waals surface area contributed by atoms with Crippen molar-refractivity contribution in [2.75, 3.05) is 32.0 Å². The highest BCUT2D eigenvalue weighted by Crippen LogP contribution is 2.21. The maximum Gasteiger partial charge on any atom is 0.311 e. The van der Waals surface area contributed by atoms with Gasteiger partial charge in [0, 0.05) is 36.3 Å². The molecule has 3 N–H and O–H groups in total. The van der Waals surface area contributed by atoms with Gasteiger partial charge in [0.2, 0.25) is 0 Å². The molecule has 1 aromatic carbocycles. The van der Waals surface area contributed by atoms with E-state index < -0.39 is 5.41 Å². The van der Waals surface area contributed by atoms with Crippen LogP contribution in [-0.4, -0.2) is 43.2 Å². The summed E-state index contributed by atoms with van der Waals surface area (Å²) in [7, 11) is 0. The lowest BCUT2D eigenvalue weighted by Crippen LogP contribution is -2.52. The molecule has 23 heavy (non-hydrogen) atoms. The monoisotopic (exact) mass is 383 g/mol. The molecule has 128 valence electrons. The fraction of sp³-hybridized carbons (Fsp3) is 0.588. The highest BCUT2D eigenvalue weighted by molar-refractivity contribution is 9.10. The third-order valence-electron chi connectivity index (χ3n) is 3.87. The number of nitrogens with one attached hydrogen (secondary N) is 1. The van der Waals surface area contributed by atoms with Crippen LogP contribution in [0.15, 0.2) is 22.7 Å². The molecular weight excluding hydrogens is 358 g/mol. The lowest BCUT2D eigenvalue weighted by molar-refractivity contribution is -0.154. The fourth-order valence-electron chi connectivity index (χ4n) is 2.49. The summed E-state index contributed by atoms with van der Waals surface area (Å²) in [6.07, 6.45) is 0. The van der Waals surface area contributed by atoms with Gasteiger partial charge in [-0.2, -0.15) is 0 Å². The first-order chi connectivity index (χ1) is 10.8. The highest BCUT2D eigenvalue weighted by Gasteiger charge is 2.26. The lowest BCUT2D eigenvalue weighted by atomic mass is 9.97. The Morgan fingerprint density at radius 2 is 2.22 bits per heavy atom. The van der Waals surface area contributed by atoms with Crippen LogP contribution in [0.1, 0.15) is 26.3 Å². The predicted molar refractivity (Wildman–Crippen MR) is 96.0 cm³/mol. The number of ether oxygens (including phenoxy) is 1. The Morgan fingerprint density at radius 3 is 2.87 bits per heavy atom. The molecule has 0 aromatic heterocycles. The maximum atomic E-state index is 11.9. The minimum atomic E-state index is -0.458. The van der Waals surface area contributed by atoms with Gasteiger partial charge in [0.15, 0.2) is 0 Å². The average molecular weight is 384 g/mol. The van der Waals surface area contributed by atoms with Gasteiger partial charge in [-0.3, -0.25) is 9.69 Å². The van der Waals surface area contributed by atoms with Gasteiger partial charge in [-0.25, -0.2) is 0 Å². The van der Waals surface area contributed by atoms with E-state index in [1.807, 2.05) is 32.9 Å². The zero-order valence-corrected chi connectivity index (χ0v) is 15.6. The molecular formula is C17H26BrN3O2. The van der Waals surface area contributed by atoms with Gasteiger partial charge in [-0.1, -0.05) is 22.0 Å². The number of nitrogens with zero attached hydrogens (tertiary/aromatic N) is 1. The number of nitrogen functional groups attached to an aromatic ring is 1. The highest BCUT2D eigenvalue weighted by atomic mass is 79.9. The Morgan fingerprint density at radius 1 is 1.48 bits per heavy atom. The van der Waals surface area contributed by atoms with Gasteiger partial charge in [0.1, 0.15) is 6.61 Å². The smallest absolute Gasteiger partial charge is 0.311 e. The van der Waals surface area contributed by atoms with Crippen LogP contribution >= 0.6 is 15.9 Å². The molecule has 0 saturated carbocycles. The Balaban J connectivity index is 1.87. The zero-order chi connectivity index (χ0) is 17.0. The van der Waals surface area contributed by atoms with Crippen molar-refractivity contribution in [3.8, 4) is 0 Å². The van der Waals surface area contributed by atoms with Crippen molar-refractivity contribution in [3.05, 3.63) is 28.2 Å². The lowest BCUT2D eigenvalue weighted by Gasteiger charge is -2.34. The number of hydrogen-bond donors (Lipinski definition) is 2. The van der Waals surface area contributed by atoms with Gasteiger partial charge in [-0.05, 0) is 38.5 Å². The Labute approximate surface area is 146 Å². The number of benzene rings is 1. The first kappa shape index (κ1) is 18.2. The minimum Gasteiger partial charge on any atom is -0.464 e. The number of carbonyl (C=O) groups is 1. The third-order valence-corrected chi connectivity index (χ3v) is 4.36. The van der Waals surface area contributed by atoms with Crippen LogP contribution in [0.25, 0.3) is 0 Å². The van der Waals surface area contributed by atoms with Crippen LogP contribution in [0.3, 0.4) is 0 Å². The van der Waals surface area contributed by atoms with Crippen LogP contribution in [0.2, 0.25) is 0 Å². The summed E-state index contributed by atoms with van der Waals surface area (Å²) in [5.74, 6) is -0.159. The van der Waals surface area contributed by atoms with E-state index >= 15 is 0 Å². The van der Waals surface area contributed by atoms with Crippen molar-refractivity contribution in [1.29, 1.82) is 0 Å². The van der Waals surface area contributed by atoms with E-state index in [0.29, 0.717) is 6.61 Å². The third kappa shape index (κ3) is 5.48. The van der Waals surface area contributed by atoms with Gasteiger partial charge in [0.05, 0.1) is 11.5 Å². The van der Waals surface area contributed by atoms with Crippen LogP contribution in [-0.2, 0) is 16.1 Å². The number of piperazine rings is 1.